The summed E-state index contributed by atoms with van der Waals surface area (Å²) < 4.78 is 0. The minimum Gasteiger partial charge on any atom is -0.395 e. The van der Waals surface area contributed by atoms with Gasteiger partial charge in [-0.3, -0.25) is 0 Å². The predicted molar refractivity (Wildman–Crippen MR) is 64.0 cm³/mol. The topological polar surface area (TPSA) is 32.3 Å². The Bertz CT molecular complexity index is 302. The van der Waals surface area contributed by atoms with Gasteiger partial charge in [0.25, 0.3) is 0 Å². The third-order valence-corrected chi connectivity index (χ3v) is 2.55. The zero-order valence-corrected chi connectivity index (χ0v) is 10.0. The highest BCUT2D eigenvalue weighted by Gasteiger charge is 2.08. The lowest BCUT2D eigenvalue weighted by Gasteiger charge is -2.19. The van der Waals surface area contributed by atoms with E-state index in [0.29, 0.717) is 0 Å². The van der Waals surface area contributed by atoms with Crippen LogP contribution < -0.4 is 5.32 Å². The number of rotatable bonds is 4. The lowest BCUT2D eigenvalue weighted by Crippen LogP contribution is -2.31. The Hall–Kier alpha value is -0.860. The van der Waals surface area contributed by atoms with Gasteiger partial charge in [-0.1, -0.05) is 29.3 Å². The van der Waals surface area contributed by atoms with E-state index < -0.39 is 0 Å². The molecule has 0 radical (unpaired) electrons. The van der Waals surface area contributed by atoms with Crippen molar-refractivity contribution in [1.29, 1.82) is 0 Å². The molecule has 84 valence electrons. The molecule has 0 spiro atoms. The average Bonchev–Trinajstić information content (AvgIpc) is 2.16. The lowest BCUT2D eigenvalue weighted by atomic mass is 10.0. The summed E-state index contributed by atoms with van der Waals surface area (Å²) in [5, 5.41) is 12.3. The molecule has 2 N–H and O–H groups in total. The maximum Gasteiger partial charge on any atom is 0.0582 e. The van der Waals surface area contributed by atoms with E-state index in [4.69, 9.17) is 5.11 Å². The van der Waals surface area contributed by atoms with Crippen LogP contribution in [0.4, 0.5) is 0 Å². The number of hydrogen-bond donors (Lipinski definition) is 2. The molecule has 15 heavy (non-hydrogen) atoms. The van der Waals surface area contributed by atoms with Crippen molar-refractivity contribution >= 4 is 0 Å². The summed E-state index contributed by atoms with van der Waals surface area (Å²) in [7, 11) is 0. The van der Waals surface area contributed by atoms with Gasteiger partial charge in [0.2, 0.25) is 0 Å². The highest BCUT2D eigenvalue weighted by atomic mass is 16.3. The summed E-state index contributed by atoms with van der Waals surface area (Å²) in [6.45, 7) is 8.51. The molecule has 1 aromatic carbocycles. The second kappa shape index (κ2) is 5.29. The van der Waals surface area contributed by atoms with Gasteiger partial charge in [0.1, 0.15) is 0 Å². The van der Waals surface area contributed by atoms with Crippen molar-refractivity contribution in [3.8, 4) is 0 Å². The van der Waals surface area contributed by atoms with E-state index in [0.717, 1.165) is 0 Å². The summed E-state index contributed by atoms with van der Waals surface area (Å²) >= 11 is 0. The number of nitrogens with one attached hydrogen (secondary N) is 1. The van der Waals surface area contributed by atoms with Crippen molar-refractivity contribution in [2.24, 2.45) is 0 Å². The van der Waals surface area contributed by atoms with Crippen LogP contribution in [0.1, 0.15) is 36.6 Å². The summed E-state index contributed by atoms with van der Waals surface area (Å²) in [6, 6.07) is 6.97. The Labute approximate surface area is 92.3 Å². The van der Waals surface area contributed by atoms with Crippen LogP contribution in [-0.2, 0) is 0 Å². The number of aliphatic hydroxyl groups excluding tert-OH is 1. The van der Waals surface area contributed by atoms with Crippen molar-refractivity contribution in [2.45, 2.75) is 39.8 Å². The third-order valence-electron chi connectivity index (χ3n) is 2.55. The molecule has 2 atom stereocenters. The van der Waals surface area contributed by atoms with Gasteiger partial charge in [0, 0.05) is 12.1 Å². The maximum absolute atomic E-state index is 8.98. The van der Waals surface area contributed by atoms with Gasteiger partial charge in [-0.25, -0.2) is 0 Å². The second-order valence-electron chi connectivity index (χ2n) is 4.39. The van der Waals surface area contributed by atoms with Crippen LogP contribution in [0, 0.1) is 13.8 Å². The zero-order chi connectivity index (χ0) is 11.4. The Morgan fingerprint density at radius 1 is 1.13 bits per heavy atom. The Kier molecular flexibility index (Phi) is 4.30. The smallest absolute Gasteiger partial charge is 0.0582 e. The second-order valence-corrected chi connectivity index (χ2v) is 4.39. The van der Waals surface area contributed by atoms with Crippen LogP contribution in [0.15, 0.2) is 18.2 Å². The summed E-state index contributed by atoms with van der Waals surface area (Å²) in [5.74, 6) is 0. The molecule has 0 aliphatic carbocycles. The Morgan fingerprint density at radius 2 is 1.67 bits per heavy atom. The first kappa shape index (κ1) is 12.2. The summed E-state index contributed by atoms with van der Waals surface area (Å²) in [4.78, 5) is 0. The highest BCUT2D eigenvalue weighted by Crippen LogP contribution is 2.16. The van der Waals surface area contributed by atoms with Crippen molar-refractivity contribution in [2.75, 3.05) is 6.61 Å². The van der Waals surface area contributed by atoms with E-state index in [9.17, 15) is 0 Å². The maximum atomic E-state index is 8.98. The molecule has 0 aromatic heterocycles. The normalized spacial score (nSPS) is 15.0. The largest absolute Gasteiger partial charge is 0.395 e. The quantitative estimate of drug-likeness (QED) is 0.794. The molecule has 1 rings (SSSR count). The van der Waals surface area contributed by atoms with Gasteiger partial charge < -0.3 is 10.4 Å². The van der Waals surface area contributed by atoms with E-state index >= 15 is 0 Å². The first-order valence-corrected chi connectivity index (χ1v) is 5.48. The SMILES string of the molecule is Cc1cc(C)cc(C(C)NC(C)CO)c1. The van der Waals surface area contributed by atoms with Gasteiger partial charge >= 0.3 is 0 Å². The lowest BCUT2D eigenvalue weighted by molar-refractivity contribution is 0.243. The molecule has 0 fully saturated rings. The highest BCUT2D eigenvalue weighted by molar-refractivity contribution is 5.30. The number of aryl methyl sites for hydroxylation is 2. The van der Waals surface area contributed by atoms with Gasteiger partial charge in [0.15, 0.2) is 0 Å². The number of aliphatic hydroxyl groups is 1. The zero-order valence-electron chi connectivity index (χ0n) is 10.0. The molecule has 2 heteroatoms. The molecular formula is C13H21NO. The molecule has 1 aromatic rings. The number of benzene rings is 1. The van der Waals surface area contributed by atoms with E-state index in [2.05, 4.69) is 44.3 Å². The van der Waals surface area contributed by atoms with Crippen molar-refractivity contribution in [3.63, 3.8) is 0 Å². The first-order valence-electron chi connectivity index (χ1n) is 5.48. The van der Waals surface area contributed by atoms with Gasteiger partial charge in [-0.05, 0) is 33.3 Å². The average molecular weight is 207 g/mol. The van der Waals surface area contributed by atoms with Crippen molar-refractivity contribution in [1.82, 2.24) is 5.32 Å². The minimum absolute atomic E-state index is 0.140. The summed E-state index contributed by atoms with van der Waals surface area (Å²) in [6.07, 6.45) is 0. The van der Waals surface area contributed by atoms with Crippen LogP contribution in [0.3, 0.4) is 0 Å². The molecule has 0 amide bonds. The van der Waals surface area contributed by atoms with Crippen LogP contribution in [0.25, 0.3) is 0 Å². The molecule has 2 unspecified atom stereocenters. The molecule has 0 bridgehead atoms. The molecule has 2 nitrogen and oxygen atoms in total. The van der Waals surface area contributed by atoms with Crippen LogP contribution in [0.5, 0.6) is 0 Å². The standard InChI is InChI=1S/C13H21NO/c1-9-5-10(2)7-13(6-9)12(4)14-11(3)8-15/h5-7,11-12,14-15H,8H2,1-4H3. The fraction of sp³-hybridized carbons (Fsp3) is 0.538. The van der Waals surface area contributed by atoms with E-state index in [1.54, 1.807) is 0 Å². The Morgan fingerprint density at radius 3 is 2.13 bits per heavy atom. The van der Waals surface area contributed by atoms with Crippen LogP contribution in [0.2, 0.25) is 0 Å². The predicted octanol–water partition coefficient (Wildman–Crippen LogP) is 2.33. The van der Waals surface area contributed by atoms with E-state index in [1.165, 1.54) is 16.7 Å². The fourth-order valence-corrected chi connectivity index (χ4v) is 1.84. The fourth-order valence-electron chi connectivity index (χ4n) is 1.84. The molecule has 0 aliphatic heterocycles. The Balaban J connectivity index is 2.77. The minimum atomic E-state index is 0.140. The summed E-state index contributed by atoms with van der Waals surface area (Å²) in [5.41, 5.74) is 3.86. The van der Waals surface area contributed by atoms with Gasteiger partial charge in [-0.2, -0.15) is 0 Å². The molecule has 0 heterocycles. The van der Waals surface area contributed by atoms with Gasteiger partial charge in [-0.15, -0.1) is 0 Å². The molecule has 0 saturated carbocycles. The van der Waals surface area contributed by atoms with Crippen molar-refractivity contribution < 1.29 is 5.11 Å². The van der Waals surface area contributed by atoms with Gasteiger partial charge in [0.05, 0.1) is 6.61 Å². The molecule has 0 saturated heterocycles. The first-order chi connectivity index (χ1) is 7.02. The molecular weight excluding hydrogens is 186 g/mol. The third kappa shape index (κ3) is 3.65. The number of hydrogen-bond acceptors (Lipinski definition) is 2. The molecule has 0 aliphatic rings. The van der Waals surface area contributed by atoms with Crippen molar-refractivity contribution in [3.05, 3.63) is 34.9 Å². The van der Waals surface area contributed by atoms with Crippen LogP contribution >= 0.6 is 0 Å². The monoisotopic (exact) mass is 207 g/mol. The van der Waals surface area contributed by atoms with Crippen LogP contribution in [-0.4, -0.2) is 17.8 Å². The van der Waals surface area contributed by atoms with E-state index in [-0.39, 0.29) is 18.7 Å². The van der Waals surface area contributed by atoms with E-state index in [1.807, 2.05) is 6.92 Å².